The molecule has 1 heterocycles. The van der Waals surface area contributed by atoms with E-state index in [1.807, 2.05) is 18.2 Å². The van der Waals surface area contributed by atoms with E-state index >= 15 is 0 Å². The van der Waals surface area contributed by atoms with E-state index in [-0.39, 0.29) is 0 Å². The van der Waals surface area contributed by atoms with Crippen LogP contribution in [-0.4, -0.2) is 4.98 Å². The average molecular weight is 321 g/mol. The normalized spacial score (nSPS) is 13.1. The molecule has 1 N–H and O–H groups in total. The molecule has 2 nitrogen and oxygen atoms in total. The van der Waals surface area contributed by atoms with Crippen LogP contribution in [0.25, 0.3) is 17.0 Å². The van der Waals surface area contributed by atoms with Crippen molar-refractivity contribution < 1.29 is 0 Å². The van der Waals surface area contributed by atoms with Crippen LogP contribution in [0.1, 0.15) is 23.2 Å². The van der Waals surface area contributed by atoms with Crippen LogP contribution in [-0.2, 0) is 13.0 Å². The van der Waals surface area contributed by atoms with Crippen LogP contribution in [0.5, 0.6) is 0 Å². The highest BCUT2D eigenvalue weighted by Gasteiger charge is 2.14. The van der Waals surface area contributed by atoms with E-state index in [0.29, 0.717) is 0 Å². The third kappa shape index (κ3) is 2.82. The minimum Gasteiger partial charge on any atom is -0.380 e. The van der Waals surface area contributed by atoms with E-state index in [9.17, 15) is 0 Å². The van der Waals surface area contributed by atoms with Gasteiger partial charge in [0.2, 0.25) is 0 Å². The topological polar surface area (TPSA) is 24.9 Å². The number of rotatable bonds is 3. The van der Waals surface area contributed by atoms with Gasteiger partial charge >= 0.3 is 0 Å². The van der Waals surface area contributed by atoms with E-state index in [1.54, 1.807) is 0 Å². The van der Waals surface area contributed by atoms with E-state index < -0.39 is 0 Å². The van der Waals surface area contributed by atoms with Crippen LogP contribution in [0.15, 0.2) is 54.6 Å². The molecule has 0 aliphatic heterocycles. The van der Waals surface area contributed by atoms with E-state index in [4.69, 9.17) is 16.6 Å². The summed E-state index contributed by atoms with van der Waals surface area (Å²) in [7, 11) is 0. The van der Waals surface area contributed by atoms with Crippen molar-refractivity contribution in [3.63, 3.8) is 0 Å². The summed E-state index contributed by atoms with van der Waals surface area (Å²) >= 11 is 5.96. The molecule has 1 aliphatic carbocycles. The fourth-order valence-electron chi connectivity index (χ4n) is 3.05. The van der Waals surface area contributed by atoms with Crippen LogP contribution in [0, 0.1) is 0 Å². The van der Waals surface area contributed by atoms with E-state index in [2.05, 4.69) is 47.8 Å². The maximum Gasteiger partial charge on any atom is 0.0726 e. The lowest BCUT2D eigenvalue weighted by molar-refractivity contribution is 0.937. The first kappa shape index (κ1) is 14.3. The number of nitrogens with one attached hydrogen (secondary N) is 1. The Morgan fingerprint density at radius 3 is 2.74 bits per heavy atom. The zero-order valence-electron chi connectivity index (χ0n) is 12.7. The third-order valence-corrected chi connectivity index (χ3v) is 4.48. The molecule has 4 rings (SSSR count). The quantitative estimate of drug-likeness (QED) is 0.693. The minimum absolute atomic E-state index is 0.767. The number of pyridine rings is 1. The Morgan fingerprint density at radius 2 is 1.87 bits per heavy atom. The lowest BCUT2D eigenvalue weighted by atomic mass is 9.98. The Labute approximate surface area is 140 Å². The molecule has 2 aromatic carbocycles. The van der Waals surface area contributed by atoms with Crippen LogP contribution in [0.2, 0.25) is 5.02 Å². The number of aryl methyl sites for hydroxylation is 1. The Bertz CT molecular complexity index is 882. The second-order valence-corrected chi connectivity index (χ2v) is 6.22. The number of hydrogen-bond donors (Lipinski definition) is 1. The predicted molar refractivity (Wildman–Crippen MR) is 97.9 cm³/mol. The fourth-order valence-corrected chi connectivity index (χ4v) is 3.18. The molecule has 3 aromatic rings. The predicted octanol–water partition coefficient (Wildman–Crippen LogP) is 5.46. The maximum absolute atomic E-state index is 5.96. The van der Waals surface area contributed by atoms with Crippen LogP contribution in [0.4, 0.5) is 5.69 Å². The van der Waals surface area contributed by atoms with Gasteiger partial charge in [0.25, 0.3) is 0 Å². The lowest BCUT2D eigenvalue weighted by Crippen LogP contribution is -2.07. The van der Waals surface area contributed by atoms with Gasteiger partial charge in [-0.2, -0.15) is 0 Å². The van der Waals surface area contributed by atoms with Crippen molar-refractivity contribution in [3.8, 4) is 0 Å². The highest BCUT2D eigenvalue weighted by atomic mass is 35.5. The largest absolute Gasteiger partial charge is 0.380 e. The maximum atomic E-state index is 5.96. The molecule has 0 atom stereocenters. The van der Waals surface area contributed by atoms with Crippen molar-refractivity contribution in [3.05, 3.63) is 76.5 Å². The molecule has 0 amide bonds. The molecule has 0 unspecified atom stereocenters. The van der Waals surface area contributed by atoms with Gasteiger partial charge < -0.3 is 5.32 Å². The molecule has 0 fully saturated rings. The standard InChI is InChI=1S/C20H17ClN2/c21-15-11-9-14(10-12-15)13-22-20-16-5-1-3-7-18(16)23-19-8-4-2-6-17(19)20/h1-3,5-7,9-12H,4,8,13H2,(H,22,23). The molecule has 23 heavy (non-hydrogen) atoms. The number of anilines is 1. The van der Waals surface area contributed by atoms with E-state index in [0.717, 1.165) is 29.9 Å². The van der Waals surface area contributed by atoms with Gasteiger partial charge in [-0.3, -0.25) is 4.98 Å². The van der Waals surface area contributed by atoms with Gasteiger partial charge in [0.15, 0.2) is 0 Å². The second kappa shape index (κ2) is 6.05. The Balaban J connectivity index is 1.75. The number of para-hydroxylation sites is 1. The van der Waals surface area contributed by atoms with Gasteiger partial charge in [-0.1, -0.05) is 54.1 Å². The summed E-state index contributed by atoms with van der Waals surface area (Å²) in [6.45, 7) is 0.769. The molecule has 0 saturated heterocycles. The molecular weight excluding hydrogens is 304 g/mol. The molecule has 3 heteroatoms. The number of allylic oxidation sites excluding steroid dienone is 1. The summed E-state index contributed by atoms with van der Waals surface area (Å²) in [5.74, 6) is 0. The third-order valence-electron chi connectivity index (χ3n) is 4.22. The zero-order valence-corrected chi connectivity index (χ0v) is 13.5. The van der Waals surface area contributed by atoms with Crippen LogP contribution >= 0.6 is 11.6 Å². The summed E-state index contributed by atoms with van der Waals surface area (Å²) in [5, 5.41) is 5.56. The fraction of sp³-hybridized carbons (Fsp3) is 0.150. The molecule has 0 saturated carbocycles. The first-order valence-corrected chi connectivity index (χ1v) is 8.25. The van der Waals surface area contributed by atoms with Crippen molar-refractivity contribution in [2.45, 2.75) is 19.4 Å². The first-order chi connectivity index (χ1) is 11.3. The number of fused-ring (bicyclic) bond motifs is 2. The van der Waals surface area contributed by atoms with Gasteiger partial charge in [-0.25, -0.2) is 0 Å². The number of hydrogen-bond acceptors (Lipinski definition) is 2. The molecular formula is C20H17ClN2. The average Bonchev–Trinajstić information content (AvgIpc) is 2.60. The summed E-state index contributed by atoms with van der Waals surface area (Å²) in [6.07, 6.45) is 6.50. The van der Waals surface area contributed by atoms with Crippen molar-refractivity contribution in [2.24, 2.45) is 0 Å². The zero-order chi connectivity index (χ0) is 15.6. The molecule has 114 valence electrons. The lowest BCUT2D eigenvalue weighted by Gasteiger charge is -2.18. The molecule has 0 bridgehead atoms. The van der Waals surface area contributed by atoms with Crippen molar-refractivity contribution in [2.75, 3.05) is 5.32 Å². The second-order valence-electron chi connectivity index (χ2n) is 5.79. The van der Waals surface area contributed by atoms with Crippen molar-refractivity contribution in [1.82, 2.24) is 4.98 Å². The van der Waals surface area contributed by atoms with Gasteiger partial charge in [-0.05, 0) is 36.6 Å². The molecule has 1 aromatic heterocycles. The van der Waals surface area contributed by atoms with Crippen molar-refractivity contribution >= 4 is 34.3 Å². The van der Waals surface area contributed by atoms with E-state index in [1.165, 1.54) is 27.9 Å². The number of aromatic nitrogens is 1. The number of benzene rings is 2. The Kier molecular flexibility index (Phi) is 3.76. The molecule has 1 aliphatic rings. The SMILES string of the molecule is Clc1ccc(CNc2c3c(nc4ccccc24)CCC=C3)cc1. The minimum atomic E-state index is 0.767. The molecule has 0 spiro atoms. The first-order valence-electron chi connectivity index (χ1n) is 7.88. The monoisotopic (exact) mass is 320 g/mol. The number of halogens is 1. The van der Waals surface area contributed by atoms with Gasteiger partial charge in [0, 0.05) is 22.5 Å². The molecule has 0 radical (unpaired) electrons. The van der Waals surface area contributed by atoms with Gasteiger partial charge in [-0.15, -0.1) is 0 Å². The Hall–Kier alpha value is -2.32. The summed E-state index contributed by atoms with van der Waals surface area (Å²) in [4.78, 5) is 4.83. The van der Waals surface area contributed by atoms with Crippen molar-refractivity contribution in [1.29, 1.82) is 0 Å². The summed E-state index contributed by atoms with van der Waals surface area (Å²) in [5.41, 5.74) is 5.86. The Morgan fingerprint density at radius 1 is 1.04 bits per heavy atom. The van der Waals surface area contributed by atoms with Crippen LogP contribution < -0.4 is 5.32 Å². The smallest absolute Gasteiger partial charge is 0.0726 e. The van der Waals surface area contributed by atoms with Crippen LogP contribution in [0.3, 0.4) is 0 Å². The number of nitrogens with zero attached hydrogens (tertiary/aromatic N) is 1. The highest BCUT2D eigenvalue weighted by Crippen LogP contribution is 2.32. The van der Waals surface area contributed by atoms with Gasteiger partial charge in [0.1, 0.15) is 0 Å². The summed E-state index contributed by atoms with van der Waals surface area (Å²) in [6, 6.07) is 16.3. The van der Waals surface area contributed by atoms with Gasteiger partial charge in [0.05, 0.1) is 16.9 Å². The highest BCUT2D eigenvalue weighted by molar-refractivity contribution is 6.30. The summed E-state index contributed by atoms with van der Waals surface area (Å²) < 4.78 is 0.